The second kappa shape index (κ2) is 6.32. The third kappa shape index (κ3) is 4.04. The topological polar surface area (TPSA) is 35.6 Å². The van der Waals surface area contributed by atoms with Crippen molar-refractivity contribution in [2.45, 2.75) is 6.42 Å². The maximum absolute atomic E-state index is 10.5. The first-order chi connectivity index (χ1) is 6.36. The van der Waals surface area contributed by atoms with Crippen molar-refractivity contribution in [2.24, 2.45) is 0 Å². The van der Waals surface area contributed by atoms with E-state index in [1.807, 2.05) is 4.90 Å². The van der Waals surface area contributed by atoms with Gasteiger partial charge in [0.15, 0.2) is 0 Å². The minimum absolute atomic E-state index is 0.0497. The van der Waals surface area contributed by atoms with Gasteiger partial charge in [-0.2, -0.15) is 0 Å². The van der Waals surface area contributed by atoms with Crippen LogP contribution in [-0.4, -0.2) is 63.0 Å². The average molecular weight is 187 g/mol. The van der Waals surface area contributed by atoms with E-state index < -0.39 is 0 Å². The van der Waals surface area contributed by atoms with Crippen molar-refractivity contribution < 1.29 is 9.84 Å². The predicted octanol–water partition coefficient (Wildman–Crippen LogP) is 0.0285. The van der Waals surface area contributed by atoms with E-state index in [1.54, 1.807) is 7.11 Å². The molecule has 1 aliphatic heterocycles. The molecule has 1 heterocycles. The average Bonchev–Trinajstić information content (AvgIpc) is 2.19. The summed E-state index contributed by atoms with van der Waals surface area (Å²) >= 11 is 0. The third-order valence-corrected chi connectivity index (χ3v) is 2.47. The molecule has 1 saturated heterocycles. The number of rotatable bonds is 5. The van der Waals surface area contributed by atoms with Crippen LogP contribution in [0.15, 0.2) is 0 Å². The van der Waals surface area contributed by atoms with Gasteiger partial charge in [0.1, 0.15) is 6.73 Å². The lowest BCUT2D eigenvalue weighted by atomic mass is 10.3. The van der Waals surface area contributed by atoms with Gasteiger partial charge in [0.05, 0.1) is 0 Å². The number of methoxy groups -OCH3 is 1. The Bertz CT molecular complexity index is 122. The predicted molar refractivity (Wildman–Crippen MR) is 50.1 cm³/mol. The molecule has 77 valence electrons. The highest BCUT2D eigenvalue weighted by atomic mass is 16.5. The van der Waals surface area contributed by atoms with Crippen LogP contribution >= 0.6 is 0 Å². The summed E-state index contributed by atoms with van der Waals surface area (Å²) in [5.41, 5.74) is 0. The van der Waals surface area contributed by atoms with E-state index in [9.17, 15) is 5.11 Å². The first-order valence-corrected chi connectivity index (χ1v) is 4.88. The van der Waals surface area contributed by atoms with Gasteiger partial charge in [-0.15, -0.1) is 0 Å². The van der Waals surface area contributed by atoms with Gasteiger partial charge in [0.2, 0.25) is 0 Å². The Balaban J connectivity index is 2.03. The molecule has 0 aromatic rings. The Labute approximate surface area is 80.1 Å². The largest absolute Gasteiger partial charge is 0.385 e. The molecule has 0 aromatic carbocycles. The molecule has 0 amide bonds. The fourth-order valence-corrected chi connectivity index (χ4v) is 1.57. The number of piperazine rings is 1. The van der Waals surface area contributed by atoms with Crippen LogP contribution in [-0.2, 0) is 9.84 Å². The minimum Gasteiger partial charge on any atom is -0.385 e. The molecule has 1 aliphatic rings. The van der Waals surface area contributed by atoms with Gasteiger partial charge in [-0.05, 0) is 6.42 Å². The Morgan fingerprint density at radius 1 is 1.15 bits per heavy atom. The van der Waals surface area contributed by atoms with Gasteiger partial charge >= 0.3 is 0 Å². The molecular formula is C9H19N2O2. The summed E-state index contributed by atoms with van der Waals surface area (Å²) < 4.78 is 4.99. The summed E-state index contributed by atoms with van der Waals surface area (Å²) in [5.74, 6) is 0. The maximum atomic E-state index is 10.5. The molecule has 0 atom stereocenters. The highest BCUT2D eigenvalue weighted by molar-refractivity contribution is 4.69. The SMILES string of the molecule is COCCCN1CCN(C[O])CC1. The first kappa shape index (κ1) is 10.9. The normalized spacial score (nSPS) is 20.8. The van der Waals surface area contributed by atoms with Crippen molar-refractivity contribution in [1.82, 2.24) is 9.80 Å². The fraction of sp³-hybridized carbons (Fsp3) is 1.00. The van der Waals surface area contributed by atoms with E-state index >= 15 is 0 Å². The van der Waals surface area contributed by atoms with E-state index in [2.05, 4.69) is 4.90 Å². The van der Waals surface area contributed by atoms with E-state index in [4.69, 9.17) is 4.74 Å². The molecular weight excluding hydrogens is 168 g/mol. The van der Waals surface area contributed by atoms with Gasteiger partial charge < -0.3 is 9.64 Å². The van der Waals surface area contributed by atoms with Crippen LogP contribution in [0, 0.1) is 0 Å². The van der Waals surface area contributed by atoms with Crippen molar-refractivity contribution in [2.75, 3.05) is 53.2 Å². The quantitative estimate of drug-likeness (QED) is 0.570. The summed E-state index contributed by atoms with van der Waals surface area (Å²) in [4.78, 5) is 4.35. The Hall–Kier alpha value is -0.160. The van der Waals surface area contributed by atoms with Gasteiger partial charge in [-0.3, -0.25) is 4.90 Å². The van der Waals surface area contributed by atoms with Crippen LogP contribution in [0.3, 0.4) is 0 Å². The van der Waals surface area contributed by atoms with Crippen LogP contribution in [0.2, 0.25) is 0 Å². The molecule has 0 unspecified atom stereocenters. The zero-order chi connectivity index (χ0) is 9.52. The molecule has 0 aromatic heterocycles. The van der Waals surface area contributed by atoms with E-state index in [0.29, 0.717) is 0 Å². The molecule has 4 heteroatoms. The molecule has 4 nitrogen and oxygen atoms in total. The van der Waals surface area contributed by atoms with Gasteiger partial charge in [-0.1, -0.05) is 0 Å². The van der Waals surface area contributed by atoms with E-state index in [-0.39, 0.29) is 6.73 Å². The molecule has 1 fully saturated rings. The smallest absolute Gasteiger partial charge is 0.135 e. The van der Waals surface area contributed by atoms with Crippen LogP contribution in [0.1, 0.15) is 6.42 Å². The van der Waals surface area contributed by atoms with Crippen LogP contribution in [0.4, 0.5) is 0 Å². The van der Waals surface area contributed by atoms with Crippen molar-refractivity contribution in [1.29, 1.82) is 0 Å². The second-order valence-corrected chi connectivity index (χ2v) is 3.44. The lowest BCUT2D eigenvalue weighted by Crippen LogP contribution is -2.46. The molecule has 1 radical (unpaired) electrons. The monoisotopic (exact) mass is 187 g/mol. The Morgan fingerprint density at radius 3 is 2.31 bits per heavy atom. The van der Waals surface area contributed by atoms with E-state index in [0.717, 1.165) is 45.8 Å². The second-order valence-electron chi connectivity index (χ2n) is 3.44. The molecule has 0 N–H and O–H groups in total. The zero-order valence-corrected chi connectivity index (χ0v) is 8.37. The molecule has 0 spiro atoms. The van der Waals surface area contributed by atoms with Crippen molar-refractivity contribution in [3.63, 3.8) is 0 Å². The van der Waals surface area contributed by atoms with Gasteiger partial charge in [0, 0.05) is 46.4 Å². The minimum atomic E-state index is -0.0497. The maximum Gasteiger partial charge on any atom is 0.135 e. The van der Waals surface area contributed by atoms with Gasteiger partial charge in [-0.25, -0.2) is 5.11 Å². The van der Waals surface area contributed by atoms with Crippen molar-refractivity contribution >= 4 is 0 Å². The molecule has 0 bridgehead atoms. The number of hydrogen-bond donors (Lipinski definition) is 0. The van der Waals surface area contributed by atoms with Crippen molar-refractivity contribution in [3.05, 3.63) is 0 Å². The lowest BCUT2D eigenvalue weighted by Gasteiger charge is -2.32. The summed E-state index contributed by atoms with van der Waals surface area (Å²) in [6.07, 6.45) is 1.09. The number of nitrogens with zero attached hydrogens (tertiary/aromatic N) is 2. The van der Waals surface area contributed by atoms with E-state index in [1.165, 1.54) is 0 Å². The highest BCUT2D eigenvalue weighted by Crippen LogP contribution is 2.01. The van der Waals surface area contributed by atoms with Crippen LogP contribution < -0.4 is 0 Å². The fourth-order valence-electron chi connectivity index (χ4n) is 1.57. The Kier molecular flexibility index (Phi) is 5.31. The van der Waals surface area contributed by atoms with Crippen LogP contribution in [0.25, 0.3) is 0 Å². The lowest BCUT2D eigenvalue weighted by molar-refractivity contribution is 0.0153. The third-order valence-electron chi connectivity index (χ3n) is 2.47. The summed E-state index contributed by atoms with van der Waals surface area (Å²) in [6, 6.07) is 0. The molecule has 13 heavy (non-hydrogen) atoms. The standard InChI is InChI=1S/C9H19N2O2/c1-13-8-2-3-10-4-6-11(9-12)7-5-10/h2-9H2,1H3. The molecule has 0 saturated carbocycles. The Morgan fingerprint density at radius 2 is 1.77 bits per heavy atom. The summed E-state index contributed by atoms with van der Waals surface area (Å²) in [6.45, 7) is 5.80. The molecule has 1 rings (SSSR count). The highest BCUT2D eigenvalue weighted by Gasteiger charge is 2.15. The zero-order valence-electron chi connectivity index (χ0n) is 8.37. The number of hydrogen-bond acceptors (Lipinski definition) is 3. The molecule has 0 aliphatic carbocycles. The van der Waals surface area contributed by atoms with Crippen LogP contribution in [0.5, 0.6) is 0 Å². The van der Waals surface area contributed by atoms with Crippen molar-refractivity contribution in [3.8, 4) is 0 Å². The van der Waals surface area contributed by atoms with Gasteiger partial charge in [0.25, 0.3) is 0 Å². The number of ether oxygens (including phenoxy) is 1. The summed E-state index contributed by atoms with van der Waals surface area (Å²) in [5, 5.41) is 10.5. The summed E-state index contributed by atoms with van der Waals surface area (Å²) in [7, 11) is 1.73. The first-order valence-electron chi connectivity index (χ1n) is 4.88.